The lowest BCUT2D eigenvalue weighted by atomic mass is 9.99. The van der Waals surface area contributed by atoms with Gasteiger partial charge in [-0.3, -0.25) is 9.59 Å². The molecular weight excluding hydrogens is 321 g/mol. The van der Waals surface area contributed by atoms with Crippen LogP contribution in [0.25, 0.3) is 0 Å². The lowest BCUT2D eigenvalue weighted by Gasteiger charge is -2.15. The fourth-order valence-corrected chi connectivity index (χ4v) is 2.81. The highest BCUT2D eigenvalue weighted by atomic mass is 19.1. The van der Waals surface area contributed by atoms with Crippen LogP contribution in [0.3, 0.4) is 0 Å². The van der Waals surface area contributed by atoms with Gasteiger partial charge in [-0.1, -0.05) is 42.5 Å². The Morgan fingerprint density at radius 2 is 1.92 bits per heavy atom. The van der Waals surface area contributed by atoms with Crippen molar-refractivity contribution in [2.24, 2.45) is 5.10 Å². The zero-order chi connectivity index (χ0) is 17.6. The van der Waals surface area contributed by atoms with E-state index in [1.807, 2.05) is 30.3 Å². The fraction of sp³-hybridized carbons (Fsp3) is 0.211. The van der Waals surface area contributed by atoms with Crippen molar-refractivity contribution >= 4 is 18.0 Å². The normalized spacial score (nSPS) is 17.2. The number of halogens is 1. The second-order valence-electron chi connectivity index (χ2n) is 5.93. The van der Waals surface area contributed by atoms with E-state index in [1.54, 1.807) is 17.0 Å². The molecule has 0 bridgehead atoms. The molecule has 1 aliphatic rings. The minimum atomic E-state index is -0.361. The maximum absolute atomic E-state index is 12.8. The van der Waals surface area contributed by atoms with Crippen molar-refractivity contribution in [1.29, 1.82) is 0 Å². The molecule has 6 heteroatoms. The summed E-state index contributed by atoms with van der Waals surface area (Å²) in [6, 6.07) is 15.6. The van der Waals surface area contributed by atoms with Gasteiger partial charge in [0, 0.05) is 18.9 Å². The quantitative estimate of drug-likeness (QED) is 0.671. The molecule has 0 saturated carbocycles. The van der Waals surface area contributed by atoms with E-state index in [1.165, 1.54) is 18.3 Å². The molecule has 0 aliphatic carbocycles. The van der Waals surface area contributed by atoms with Crippen molar-refractivity contribution in [3.8, 4) is 0 Å². The third-order valence-electron chi connectivity index (χ3n) is 4.09. The summed E-state index contributed by atoms with van der Waals surface area (Å²) in [7, 11) is 0. The molecule has 2 amide bonds. The summed E-state index contributed by atoms with van der Waals surface area (Å²) < 4.78 is 12.8. The summed E-state index contributed by atoms with van der Waals surface area (Å²) in [4.78, 5) is 25.6. The molecule has 0 aromatic heterocycles. The van der Waals surface area contributed by atoms with Crippen LogP contribution in [0, 0.1) is 5.82 Å². The summed E-state index contributed by atoms with van der Waals surface area (Å²) in [5.41, 5.74) is 4.16. The van der Waals surface area contributed by atoms with E-state index < -0.39 is 0 Å². The van der Waals surface area contributed by atoms with Gasteiger partial charge >= 0.3 is 0 Å². The van der Waals surface area contributed by atoms with Gasteiger partial charge in [0.2, 0.25) is 5.91 Å². The van der Waals surface area contributed by atoms with Gasteiger partial charge in [0.1, 0.15) is 12.4 Å². The Kier molecular flexibility index (Phi) is 5.18. The molecule has 3 rings (SSSR count). The van der Waals surface area contributed by atoms with Crippen LogP contribution in [-0.4, -0.2) is 36.0 Å². The molecule has 5 nitrogen and oxygen atoms in total. The first-order valence-corrected chi connectivity index (χ1v) is 8.02. The number of hydrogen-bond acceptors (Lipinski definition) is 3. The van der Waals surface area contributed by atoms with Crippen LogP contribution in [0.4, 0.5) is 4.39 Å². The van der Waals surface area contributed by atoms with Gasteiger partial charge in [0.25, 0.3) is 5.91 Å². The minimum absolute atomic E-state index is 0.0249. The minimum Gasteiger partial charge on any atom is -0.333 e. The van der Waals surface area contributed by atoms with Gasteiger partial charge in [-0.25, -0.2) is 9.82 Å². The highest BCUT2D eigenvalue weighted by Crippen LogP contribution is 2.27. The third-order valence-corrected chi connectivity index (χ3v) is 4.09. The summed E-state index contributed by atoms with van der Waals surface area (Å²) in [5.74, 6) is -0.613. The van der Waals surface area contributed by atoms with Crippen molar-refractivity contribution in [3.63, 3.8) is 0 Å². The van der Waals surface area contributed by atoms with Gasteiger partial charge in [-0.05, 0) is 23.3 Å². The number of carbonyl (C=O) groups is 2. The van der Waals surface area contributed by atoms with Crippen molar-refractivity contribution in [1.82, 2.24) is 10.3 Å². The number of nitrogens with one attached hydrogen (secondary N) is 1. The second-order valence-corrected chi connectivity index (χ2v) is 5.93. The molecule has 25 heavy (non-hydrogen) atoms. The largest absolute Gasteiger partial charge is 0.333 e. The molecule has 0 radical (unpaired) electrons. The van der Waals surface area contributed by atoms with Gasteiger partial charge in [-0.15, -0.1) is 0 Å². The summed E-state index contributed by atoms with van der Waals surface area (Å²) >= 11 is 0. The predicted molar refractivity (Wildman–Crippen MR) is 92.5 cm³/mol. The molecule has 1 fully saturated rings. The van der Waals surface area contributed by atoms with Crippen LogP contribution in [-0.2, 0) is 9.59 Å². The van der Waals surface area contributed by atoms with Gasteiger partial charge in [-0.2, -0.15) is 5.10 Å². The standard InChI is InChI=1S/C19H18FN3O2/c20-17-8-6-14(7-9-17)11-21-22-18(24)13-23-12-16(10-19(23)25)15-4-2-1-3-5-15/h1-9,11,16H,10,12-13H2,(H,22,24)/b21-11-/t16-/m1/s1. The van der Waals surface area contributed by atoms with Gasteiger partial charge < -0.3 is 4.90 Å². The highest BCUT2D eigenvalue weighted by molar-refractivity contribution is 5.87. The average Bonchev–Trinajstić information content (AvgIpc) is 2.98. The maximum Gasteiger partial charge on any atom is 0.259 e. The first kappa shape index (κ1) is 16.8. The number of carbonyl (C=O) groups excluding carboxylic acids is 2. The smallest absolute Gasteiger partial charge is 0.259 e. The van der Waals surface area contributed by atoms with E-state index >= 15 is 0 Å². The number of nitrogens with zero attached hydrogens (tertiary/aromatic N) is 2. The number of hydrazone groups is 1. The summed E-state index contributed by atoms with van der Waals surface area (Å²) in [6.07, 6.45) is 1.84. The number of rotatable bonds is 5. The van der Waals surface area contributed by atoms with Gasteiger partial charge in [0.05, 0.1) is 6.21 Å². The number of amides is 2. The highest BCUT2D eigenvalue weighted by Gasteiger charge is 2.31. The molecule has 1 aliphatic heterocycles. The maximum atomic E-state index is 12.8. The topological polar surface area (TPSA) is 61.8 Å². The molecule has 1 saturated heterocycles. The van der Waals surface area contributed by atoms with Crippen LogP contribution >= 0.6 is 0 Å². The molecule has 0 unspecified atom stereocenters. The van der Waals surface area contributed by atoms with Crippen molar-refractivity contribution in [2.75, 3.05) is 13.1 Å². The molecule has 2 aromatic rings. The van der Waals surface area contributed by atoms with Crippen LogP contribution in [0.2, 0.25) is 0 Å². The van der Waals surface area contributed by atoms with E-state index in [2.05, 4.69) is 10.5 Å². The van der Waals surface area contributed by atoms with Crippen molar-refractivity contribution in [3.05, 3.63) is 71.5 Å². The molecular formula is C19H18FN3O2. The van der Waals surface area contributed by atoms with Crippen LogP contribution in [0.15, 0.2) is 59.7 Å². The Bertz CT molecular complexity index is 775. The number of likely N-dealkylation sites (tertiary alicyclic amines) is 1. The summed E-state index contributed by atoms with van der Waals surface area (Å²) in [5, 5.41) is 3.83. The second kappa shape index (κ2) is 7.70. The molecule has 1 heterocycles. The molecule has 0 spiro atoms. The van der Waals surface area contributed by atoms with E-state index in [9.17, 15) is 14.0 Å². The average molecular weight is 339 g/mol. The monoisotopic (exact) mass is 339 g/mol. The third kappa shape index (κ3) is 4.50. The Morgan fingerprint density at radius 3 is 2.64 bits per heavy atom. The zero-order valence-corrected chi connectivity index (χ0v) is 13.6. The number of hydrogen-bond donors (Lipinski definition) is 1. The lowest BCUT2D eigenvalue weighted by molar-refractivity contribution is -0.133. The van der Waals surface area contributed by atoms with E-state index in [0.717, 1.165) is 5.56 Å². The molecule has 2 aromatic carbocycles. The predicted octanol–water partition coefficient (Wildman–Crippen LogP) is 2.29. The fourth-order valence-electron chi connectivity index (χ4n) is 2.81. The first-order valence-electron chi connectivity index (χ1n) is 8.02. The Balaban J connectivity index is 1.51. The van der Waals surface area contributed by atoms with Crippen molar-refractivity contribution in [2.45, 2.75) is 12.3 Å². The first-order chi connectivity index (χ1) is 12.1. The number of benzene rings is 2. The Labute approximate surface area is 145 Å². The SMILES string of the molecule is O=C(CN1C[C@H](c2ccccc2)CC1=O)N/N=C\c1ccc(F)cc1. The van der Waals surface area contributed by atoms with Crippen molar-refractivity contribution < 1.29 is 14.0 Å². The van der Waals surface area contributed by atoms with Crippen LogP contribution < -0.4 is 5.43 Å². The van der Waals surface area contributed by atoms with E-state index in [-0.39, 0.29) is 30.1 Å². The summed E-state index contributed by atoms with van der Waals surface area (Å²) in [6.45, 7) is 0.501. The van der Waals surface area contributed by atoms with E-state index in [0.29, 0.717) is 18.5 Å². The Morgan fingerprint density at radius 1 is 1.20 bits per heavy atom. The van der Waals surface area contributed by atoms with E-state index in [4.69, 9.17) is 0 Å². The molecule has 1 N–H and O–H groups in total. The van der Waals surface area contributed by atoms with Gasteiger partial charge in [0.15, 0.2) is 0 Å². The molecule has 1 atom stereocenters. The Hall–Kier alpha value is -3.02. The van der Waals surface area contributed by atoms with Crippen LogP contribution in [0.1, 0.15) is 23.5 Å². The lowest BCUT2D eigenvalue weighted by Crippen LogP contribution is -2.36. The zero-order valence-electron chi connectivity index (χ0n) is 13.6. The van der Waals surface area contributed by atoms with Crippen LogP contribution in [0.5, 0.6) is 0 Å². The molecule has 128 valence electrons.